The van der Waals surface area contributed by atoms with Crippen LogP contribution in [0.2, 0.25) is 5.02 Å². The van der Waals surface area contributed by atoms with Crippen LogP contribution in [0.5, 0.6) is 0 Å². The molecule has 1 atom stereocenters. The first kappa shape index (κ1) is 14.3. The van der Waals surface area contributed by atoms with E-state index in [0.29, 0.717) is 10.6 Å². The molecule has 1 amide bonds. The summed E-state index contributed by atoms with van der Waals surface area (Å²) in [6, 6.07) is 10.1. The van der Waals surface area contributed by atoms with Gasteiger partial charge in [-0.15, -0.1) is 0 Å². The van der Waals surface area contributed by atoms with E-state index >= 15 is 0 Å². The number of halogens is 1. The highest BCUT2D eigenvalue weighted by Crippen LogP contribution is 2.19. The van der Waals surface area contributed by atoms with Crippen molar-refractivity contribution >= 4 is 17.5 Å². The van der Waals surface area contributed by atoms with Crippen LogP contribution in [0.1, 0.15) is 35.3 Å². The molecule has 2 aromatic rings. The number of pyridine rings is 1. The van der Waals surface area contributed by atoms with Crippen molar-refractivity contribution in [3.05, 3.63) is 69.1 Å². The Morgan fingerprint density at radius 1 is 1.25 bits per heavy atom. The van der Waals surface area contributed by atoms with Gasteiger partial charge in [0.2, 0.25) is 5.56 Å². The Balaban J connectivity index is 2.13. The maximum Gasteiger partial charge on any atom is 0.253 e. The van der Waals surface area contributed by atoms with E-state index in [0.717, 1.165) is 12.0 Å². The summed E-state index contributed by atoms with van der Waals surface area (Å²) in [5.41, 5.74) is 1.19. The van der Waals surface area contributed by atoms with Crippen molar-refractivity contribution in [2.75, 3.05) is 0 Å². The number of aromatic nitrogens is 1. The molecule has 0 saturated heterocycles. The van der Waals surface area contributed by atoms with Crippen LogP contribution in [0.25, 0.3) is 0 Å². The van der Waals surface area contributed by atoms with E-state index < -0.39 is 0 Å². The van der Waals surface area contributed by atoms with Crippen molar-refractivity contribution in [3.8, 4) is 0 Å². The number of nitrogens with one attached hydrogen (secondary N) is 2. The van der Waals surface area contributed by atoms with E-state index in [1.807, 2.05) is 19.1 Å². The lowest BCUT2D eigenvalue weighted by atomic mass is 10.0. The number of aromatic amines is 1. The highest BCUT2D eigenvalue weighted by molar-refractivity contribution is 6.30. The second-order valence-corrected chi connectivity index (χ2v) is 4.86. The molecule has 0 aliphatic carbocycles. The molecule has 4 nitrogen and oxygen atoms in total. The van der Waals surface area contributed by atoms with Crippen LogP contribution in [0.4, 0.5) is 0 Å². The minimum absolute atomic E-state index is 0.0910. The molecule has 2 N–H and O–H groups in total. The van der Waals surface area contributed by atoms with Crippen molar-refractivity contribution in [2.24, 2.45) is 0 Å². The van der Waals surface area contributed by atoms with Crippen LogP contribution >= 0.6 is 11.6 Å². The zero-order valence-corrected chi connectivity index (χ0v) is 11.8. The SMILES string of the molecule is CCC(NC(=O)c1ccc(=O)[nH]c1)c1ccc(Cl)cc1. The Labute approximate surface area is 121 Å². The average Bonchev–Trinajstić information content (AvgIpc) is 2.46. The van der Waals surface area contributed by atoms with Gasteiger partial charge in [-0.05, 0) is 30.2 Å². The Kier molecular flexibility index (Phi) is 4.58. The van der Waals surface area contributed by atoms with Crippen LogP contribution in [0, 0.1) is 0 Å². The molecule has 0 radical (unpaired) electrons. The summed E-state index contributed by atoms with van der Waals surface area (Å²) < 4.78 is 0. The van der Waals surface area contributed by atoms with Gasteiger partial charge in [-0.3, -0.25) is 9.59 Å². The van der Waals surface area contributed by atoms with Crippen LogP contribution in [-0.4, -0.2) is 10.9 Å². The van der Waals surface area contributed by atoms with Gasteiger partial charge in [-0.1, -0.05) is 30.7 Å². The fourth-order valence-electron chi connectivity index (χ4n) is 1.91. The van der Waals surface area contributed by atoms with E-state index in [1.54, 1.807) is 12.1 Å². The summed E-state index contributed by atoms with van der Waals surface area (Å²) in [6.07, 6.45) is 2.17. The Bertz CT molecular complexity index is 629. The second kappa shape index (κ2) is 6.39. The molecular weight excluding hydrogens is 276 g/mol. The van der Waals surface area contributed by atoms with Gasteiger partial charge < -0.3 is 10.3 Å². The molecule has 1 aromatic carbocycles. The highest BCUT2D eigenvalue weighted by Gasteiger charge is 2.14. The van der Waals surface area contributed by atoms with E-state index in [4.69, 9.17) is 11.6 Å². The van der Waals surface area contributed by atoms with Gasteiger partial charge in [-0.25, -0.2) is 0 Å². The van der Waals surface area contributed by atoms with Gasteiger partial charge in [0.1, 0.15) is 0 Å². The van der Waals surface area contributed by atoms with Crippen molar-refractivity contribution in [2.45, 2.75) is 19.4 Å². The molecule has 0 saturated carbocycles. The molecule has 2 rings (SSSR count). The molecule has 20 heavy (non-hydrogen) atoms. The summed E-state index contributed by atoms with van der Waals surface area (Å²) >= 11 is 5.85. The smallest absolute Gasteiger partial charge is 0.253 e. The zero-order valence-electron chi connectivity index (χ0n) is 11.0. The third kappa shape index (κ3) is 3.48. The van der Waals surface area contributed by atoms with Gasteiger partial charge >= 0.3 is 0 Å². The molecule has 0 fully saturated rings. The number of hydrogen-bond donors (Lipinski definition) is 2. The van der Waals surface area contributed by atoms with Crippen LogP contribution in [0.15, 0.2) is 47.4 Å². The molecule has 104 valence electrons. The van der Waals surface area contributed by atoms with E-state index in [-0.39, 0.29) is 17.5 Å². The third-order valence-corrected chi connectivity index (χ3v) is 3.28. The summed E-state index contributed by atoms with van der Waals surface area (Å²) in [5, 5.41) is 3.60. The molecule has 5 heteroatoms. The molecule has 1 unspecified atom stereocenters. The predicted octanol–water partition coefficient (Wildman–Crippen LogP) is 2.91. The largest absolute Gasteiger partial charge is 0.345 e. The van der Waals surface area contributed by atoms with Gasteiger partial charge in [0, 0.05) is 17.3 Å². The lowest BCUT2D eigenvalue weighted by molar-refractivity contribution is 0.0935. The fourth-order valence-corrected chi connectivity index (χ4v) is 2.04. The zero-order chi connectivity index (χ0) is 14.5. The number of amides is 1. The second-order valence-electron chi connectivity index (χ2n) is 4.43. The predicted molar refractivity (Wildman–Crippen MR) is 79.0 cm³/mol. The molecule has 1 heterocycles. The van der Waals surface area contributed by atoms with E-state index in [2.05, 4.69) is 10.3 Å². The standard InChI is InChI=1S/C15H15ClN2O2/c1-2-13(10-3-6-12(16)7-4-10)18-15(20)11-5-8-14(19)17-9-11/h3-9,13H,2H2,1H3,(H,17,19)(H,18,20). The Hall–Kier alpha value is -2.07. The van der Waals surface area contributed by atoms with Gasteiger partial charge in [-0.2, -0.15) is 0 Å². The molecule has 0 aliphatic rings. The highest BCUT2D eigenvalue weighted by atomic mass is 35.5. The first-order chi connectivity index (χ1) is 9.60. The lowest BCUT2D eigenvalue weighted by Crippen LogP contribution is -2.28. The monoisotopic (exact) mass is 290 g/mol. The quantitative estimate of drug-likeness (QED) is 0.909. The molecule has 0 spiro atoms. The lowest BCUT2D eigenvalue weighted by Gasteiger charge is -2.17. The summed E-state index contributed by atoms with van der Waals surface area (Å²) in [7, 11) is 0. The summed E-state index contributed by atoms with van der Waals surface area (Å²) in [6.45, 7) is 1.99. The molecule has 0 aliphatic heterocycles. The molecule has 0 bridgehead atoms. The topological polar surface area (TPSA) is 62.0 Å². The van der Waals surface area contributed by atoms with Crippen molar-refractivity contribution in [3.63, 3.8) is 0 Å². The first-order valence-corrected chi connectivity index (χ1v) is 6.73. The molecule has 1 aromatic heterocycles. The van der Waals surface area contributed by atoms with Crippen molar-refractivity contribution in [1.82, 2.24) is 10.3 Å². The minimum atomic E-state index is -0.230. The Morgan fingerprint density at radius 3 is 2.50 bits per heavy atom. The summed E-state index contributed by atoms with van der Waals surface area (Å²) in [5.74, 6) is -0.219. The van der Waals surface area contributed by atoms with Crippen molar-refractivity contribution in [1.29, 1.82) is 0 Å². The van der Waals surface area contributed by atoms with Crippen molar-refractivity contribution < 1.29 is 4.79 Å². The number of rotatable bonds is 4. The number of hydrogen-bond acceptors (Lipinski definition) is 2. The van der Waals surface area contributed by atoms with Gasteiger partial charge in [0.15, 0.2) is 0 Å². The summed E-state index contributed by atoms with van der Waals surface area (Å²) in [4.78, 5) is 25.6. The first-order valence-electron chi connectivity index (χ1n) is 6.35. The minimum Gasteiger partial charge on any atom is -0.345 e. The number of carbonyl (C=O) groups excluding carboxylic acids is 1. The average molecular weight is 291 g/mol. The normalized spacial score (nSPS) is 11.9. The van der Waals surface area contributed by atoms with Gasteiger partial charge in [0.05, 0.1) is 11.6 Å². The van der Waals surface area contributed by atoms with Crippen LogP contribution in [0.3, 0.4) is 0 Å². The van der Waals surface area contributed by atoms with Crippen LogP contribution < -0.4 is 10.9 Å². The van der Waals surface area contributed by atoms with E-state index in [1.165, 1.54) is 18.3 Å². The van der Waals surface area contributed by atoms with E-state index in [9.17, 15) is 9.59 Å². The molecular formula is C15H15ClN2O2. The number of benzene rings is 1. The number of carbonyl (C=O) groups is 1. The third-order valence-electron chi connectivity index (χ3n) is 3.03. The number of H-pyrrole nitrogens is 1. The fraction of sp³-hybridized carbons (Fsp3) is 0.200. The Morgan fingerprint density at radius 2 is 1.95 bits per heavy atom. The van der Waals surface area contributed by atoms with Crippen LogP contribution in [-0.2, 0) is 0 Å². The maximum atomic E-state index is 12.1. The van der Waals surface area contributed by atoms with Gasteiger partial charge in [0.25, 0.3) is 5.91 Å². The maximum absolute atomic E-state index is 12.1.